The summed E-state index contributed by atoms with van der Waals surface area (Å²) in [5.74, 6) is 0.613. The van der Waals surface area contributed by atoms with Gasteiger partial charge in [-0.1, -0.05) is 17.2 Å². The zero-order chi connectivity index (χ0) is 13.9. The molecule has 1 heterocycles. The molecule has 0 saturated heterocycles. The molecule has 1 aromatic carbocycles. The Labute approximate surface area is 118 Å². The second kappa shape index (κ2) is 5.50. The van der Waals surface area contributed by atoms with Crippen LogP contribution in [0.4, 0.5) is 17.4 Å². The lowest BCUT2D eigenvalue weighted by molar-refractivity contribution is 0.478. The predicted octanol–water partition coefficient (Wildman–Crippen LogP) is 2.13. The molecule has 6 heteroatoms. The summed E-state index contributed by atoms with van der Waals surface area (Å²) >= 11 is 0. The van der Waals surface area contributed by atoms with Crippen molar-refractivity contribution in [1.29, 1.82) is 0 Å². The van der Waals surface area contributed by atoms with E-state index in [1.54, 1.807) is 0 Å². The topological polar surface area (TPSA) is 66.2 Å². The van der Waals surface area contributed by atoms with Crippen LogP contribution >= 0.6 is 0 Å². The van der Waals surface area contributed by atoms with E-state index < -0.39 is 0 Å². The highest BCUT2D eigenvalue weighted by molar-refractivity contribution is 5.72. The molecule has 2 N–H and O–H groups in total. The van der Waals surface area contributed by atoms with Crippen molar-refractivity contribution in [3.63, 3.8) is 0 Å². The Balaban J connectivity index is 1.67. The minimum atomic E-state index is 0.423. The van der Waals surface area contributed by atoms with Gasteiger partial charge in [0.15, 0.2) is 0 Å². The number of anilines is 3. The molecule has 0 spiro atoms. The second-order valence-electron chi connectivity index (χ2n) is 5.19. The van der Waals surface area contributed by atoms with Crippen molar-refractivity contribution in [2.75, 3.05) is 24.3 Å². The summed E-state index contributed by atoms with van der Waals surface area (Å²) in [6.45, 7) is 0.634. The van der Waals surface area contributed by atoms with Crippen molar-refractivity contribution >= 4 is 17.4 Å². The van der Waals surface area contributed by atoms with Gasteiger partial charge in [0.1, 0.15) is 0 Å². The normalized spacial score (nSPS) is 14.3. The quantitative estimate of drug-likeness (QED) is 0.840. The summed E-state index contributed by atoms with van der Waals surface area (Å²) in [7, 11) is 4.00. The molecule has 0 atom stereocenters. The molecule has 2 aromatic rings. The lowest BCUT2D eigenvalue weighted by Crippen LogP contribution is -2.15. The summed E-state index contributed by atoms with van der Waals surface area (Å²) in [5, 5.41) is 14.6. The Morgan fingerprint density at radius 3 is 2.80 bits per heavy atom. The van der Waals surface area contributed by atoms with Crippen molar-refractivity contribution < 1.29 is 4.42 Å². The van der Waals surface area contributed by atoms with Crippen LogP contribution in [0.25, 0.3) is 0 Å². The van der Waals surface area contributed by atoms with Crippen LogP contribution in [-0.2, 0) is 6.54 Å². The molecule has 0 radical (unpaired) electrons. The smallest absolute Gasteiger partial charge is 0.320 e. The van der Waals surface area contributed by atoms with Gasteiger partial charge in [0.05, 0.1) is 17.9 Å². The van der Waals surface area contributed by atoms with E-state index in [0.29, 0.717) is 24.5 Å². The summed E-state index contributed by atoms with van der Waals surface area (Å²) in [5.41, 5.74) is 2.02. The molecule has 0 unspecified atom stereocenters. The number of para-hydroxylation sites is 2. The summed E-state index contributed by atoms with van der Waals surface area (Å²) in [6, 6.07) is 9.05. The van der Waals surface area contributed by atoms with Crippen molar-refractivity contribution in [3.05, 3.63) is 30.2 Å². The number of nitrogens with one attached hydrogen (secondary N) is 2. The van der Waals surface area contributed by atoms with Crippen LogP contribution in [-0.4, -0.2) is 30.3 Å². The Kier molecular flexibility index (Phi) is 3.56. The van der Waals surface area contributed by atoms with E-state index >= 15 is 0 Å². The molecule has 20 heavy (non-hydrogen) atoms. The molecule has 6 nitrogen and oxygen atoms in total. The highest BCUT2D eigenvalue weighted by Gasteiger charge is 2.21. The van der Waals surface area contributed by atoms with Crippen molar-refractivity contribution in [1.82, 2.24) is 15.5 Å². The average molecular weight is 273 g/mol. The van der Waals surface area contributed by atoms with E-state index in [1.165, 1.54) is 12.8 Å². The molecule has 0 bridgehead atoms. The molecule has 1 aromatic heterocycles. The maximum Gasteiger partial charge on any atom is 0.320 e. The molecule has 1 fully saturated rings. The Bertz CT molecular complexity index is 576. The van der Waals surface area contributed by atoms with Crippen LogP contribution in [0.2, 0.25) is 0 Å². The highest BCUT2D eigenvalue weighted by Crippen LogP contribution is 2.26. The summed E-state index contributed by atoms with van der Waals surface area (Å²) < 4.78 is 5.59. The first-order valence-corrected chi connectivity index (χ1v) is 6.81. The molecular formula is C14H19N5O. The number of rotatable bonds is 6. The van der Waals surface area contributed by atoms with Gasteiger partial charge in [-0.25, -0.2) is 0 Å². The van der Waals surface area contributed by atoms with E-state index in [0.717, 1.165) is 11.4 Å². The fourth-order valence-corrected chi connectivity index (χ4v) is 1.98. The number of benzene rings is 1. The van der Waals surface area contributed by atoms with E-state index in [-0.39, 0.29) is 0 Å². The molecule has 0 amide bonds. The van der Waals surface area contributed by atoms with Crippen LogP contribution < -0.4 is 15.5 Å². The third-order valence-electron chi connectivity index (χ3n) is 3.21. The van der Waals surface area contributed by atoms with Gasteiger partial charge in [-0.2, -0.15) is 0 Å². The predicted molar refractivity (Wildman–Crippen MR) is 78.2 cm³/mol. The Morgan fingerprint density at radius 1 is 1.25 bits per heavy atom. The van der Waals surface area contributed by atoms with Gasteiger partial charge in [-0.05, 0) is 25.0 Å². The first-order chi connectivity index (χ1) is 9.72. The largest absolute Gasteiger partial charge is 0.406 e. The van der Waals surface area contributed by atoms with Gasteiger partial charge in [0.2, 0.25) is 5.89 Å². The van der Waals surface area contributed by atoms with Gasteiger partial charge >= 0.3 is 6.01 Å². The standard InChI is InChI=1S/C14H19N5O/c1-19(2)12-6-4-3-5-11(12)16-14-18-17-13(20-14)9-15-10-7-8-10/h3-6,10,15H,7-9H2,1-2H3,(H,16,18). The van der Waals surface area contributed by atoms with E-state index in [4.69, 9.17) is 4.42 Å². The zero-order valence-electron chi connectivity index (χ0n) is 11.8. The van der Waals surface area contributed by atoms with E-state index in [9.17, 15) is 0 Å². The SMILES string of the molecule is CN(C)c1ccccc1Nc1nnc(CNC2CC2)o1. The molecule has 1 aliphatic rings. The maximum absolute atomic E-state index is 5.59. The number of hydrogen-bond acceptors (Lipinski definition) is 6. The van der Waals surface area contributed by atoms with Gasteiger partial charge < -0.3 is 20.0 Å². The van der Waals surface area contributed by atoms with Crippen LogP contribution in [0.1, 0.15) is 18.7 Å². The molecular weight excluding hydrogens is 254 g/mol. The monoisotopic (exact) mass is 273 g/mol. The van der Waals surface area contributed by atoms with Crippen LogP contribution in [0, 0.1) is 0 Å². The Morgan fingerprint density at radius 2 is 2.05 bits per heavy atom. The first kappa shape index (κ1) is 12.9. The third-order valence-corrected chi connectivity index (χ3v) is 3.21. The number of aromatic nitrogens is 2. The third kappa shape index (κ3) is 3.08. The van der Waals surface area contributed by atoms with Crippen LogP contribution in [0.3, 0.4) is 0 Å². The Hall–Kier alpha value is -2.08. The van der Waals surface area contributed by atoms with E-state index in [1.807, 2.05) is 43.3 Å². The van der Waals surface area contributed by atoms with Gasteiger partial charge in [-0.15, -0.1) is 5.10 Å². The minimum Gasteiger partial charge on any atom is -0.406 e. The van der Waals surface area contributed by atoms with Crippen molar-refractivity contribution in [3.8, 4) is 0 Å². The second-order valence-corrected chi connectivity index (χ2v) is 5.19. The van der Waals surface area contributed by atoms with Gasteiger partial charge in [0.25, 0.3) is 0 Å². The molecule has 0 aliphatic heterocycles. The average Bonchev–Trinajstić information content (AvgIpc) is 3.17. The molecule has 106 valence electrons. The zero-order valence-corrected chi connectivity index (χ0v) is 11.8. The number of hydrogen-bond donors (Lipinski definition) is 2. The lowest BCUT2D eigenvalue weighted by Gasteiger charge is -2.16. The number of nitrogens with zero attached hydrogens (tertiary/aromatic N) is 3. The van der Waals surface area contributed by atoms with Crippen molar-refractivity contribution in [2.24, 2.45) is 0 Å². The maximum atomic E-state index is 5.59. The van der Waals surface area contributed by atoms with Crippen LogP contribution in [0.5, 0.6) is 0 Å². The fraction of sp³-hybridized carbons (Fsp3) is 0.429. The molecule has 3 rings (SSSR count). The van der Waals surface area contributed by atoms with E-state index in [2.05, 4.69) is 20.8 Å². The fourth-order valence-electron chi connectivity index (χ4n) is 1.98. The molecule has 1 saturated carbocycles. The lowest BCUT2D eigenvalue weighted by atomic mass is 10.2. The van der Waals surface area contributed by atoms with Crippen LogP contribution in [0.15, 0.2) is 28.7 Å². The van der Waals surface area contributed by atoms with Gasteiger partial charge in [-0.3, -0.25) is 0 Å². The summed E-state index contributed by atoms with van der Waals surface area (Å²) in [4.78, 5) is 2.04. The van der Waals surface area contributed by atoms with Gasteiger partial charge in [0, 0.05) is 20.1 Å². The highest BCUT2D eigenvalue weighted by atomic mass is 16.4. The summed E-state index contributed by atoms with van der Waals surface area (Å²) in [6.07, 6.45) is 2.49. The van der Waals surface area contributed by atoms with Crippen molar-refractivity contribution in [2.45, 2.75) is 25.4 Å². The first-order valence-electron chi connectivity index (χ1n) is 6.81. The minimum absolute atomic E-state index is 0.423. The molecule has 1 aliphatic carbocycles.